The van der Waals surface area contributed by atoms with Crippen molar-refractivity contribution in [2.24, 2.45) is 5.92 Å². The first-order chi connectivity index (χ1) is 25.8. The lowest BCUT2D eigenvalue weighted by molar-refractivity contribution is -0.148. The SMILES string of the molecule is O=C(C[C@H]1CC=CCC[C@H](NC(=O)OCC2c3ccccc3-c3ccccc32)C(=O)OC[C@H](COCc2ccccc2)NC1=O)NC1(CO)CCCC1. The number of esters is 1. The Morgan fingerprint density at radius 1 is 0.887 bits per heavy atom. The average molecular weight is 724 g/mol. The van der Waals surface area contributed by atoms with E-state index < -0.39 is 35.6 Å². The number of fused-ring (bicyclic) bond motifs is 3. The quantitative estimate of drug-likeness (QED) is 0.154. The maximum absolute atomic E-state index is 13.7. The molecule has 4 N–H and O–H groups in total. The van der Waals surface area contributed by atoms with Crippen LogP contribution in [-0.2, 0) is 35.2 Å². The fraction of sp³-hybridized carbons (Fsp3) is 0.429. The van der Waals surface area contributed by atoms with Gasteiger partial charge in [0.05, 0.1) is 37.3 Å². The van der Waals surface area contributed by atoms with Gasteiger partial charge in [-0.25, -0.2) is 9.59 Å². The Morgan fingerprint density at radius 3 is 2.26 bits per heavy atom. The minimum atomic E-state index is -1.000. The molecule has 0 spiro atoms. The van der Waals surface area contributed by atoms with Crippen LogP contribution in [0.15, 0.2) is 91.0 Å². The van der Waals surface area contributed by atoms with Crippen LogP contribution in [-0.4, -0.2) is 73.0 Å². The largest absolute Gasteiger partial charge is 0.462 e. The molecule has 0 unspecified atom stereocenters. The molecule has 3 amide bonds. The molecule has 53 heavy (non-hydrogen) atoms. The van der Waals surface area contributed by atoms with Crippen molar-refractivity contribution in [1.82, 2.24) is 16.0 Å². The van der Waals surface area contributed by atoms with E-state index in [1.807, 2.05) is 78.9 Å². The van der Waals surface area contributed by atoms with Crippen molar-refractivity contribution in [3.8, 4) is 11.1 Å². The Balaban J connectivity index is 1.11. The lowest BCUT2D eigenvalue weighted by Gasteiger charge is -2.29. The summed E-state index contributed by atoms with van der Waals surface area (Å²) in [6, 6.07) is 24.0. The standard InChI is InChI=1S/C42H49N3O8/c46-28-42(21-11-12-22-42)45-38(47)23-30-15-5-2-6-20-37(40(49)52-26-31(43-39(30)48)25-51-24-29-13-3-1-4-14-29)44-41(50)53-27-36-34-18-9-7-16-32(34)33-17-8-10-19-35(33)36/h1-5,7-10,13-14,16-19,30-31,36-37,46H,6,11-12,15,20-28H2,(H,43,48)(H,44,50)(H,45,47)/t30-,31+,37+/m1/s1. The summed E-state index contributed by atoms with van der Waals surface area (Å²) in [6.45, 7) is 0.0730. The second kappa shape index (κ2) is 18.2. The summed E-state index contributed by atoms with van der Waals surface area (Å²) in [5.41, 5.74) is 4.68. The Hall–Kier alpha value is -5.00. The summed E-state index contributed by atoms with van der Waals surface area (Å²) in [4.78, 5) is 53.5. The summed E-state index contributed by atoms with van der Waals surface area (Å²) in [7, 11) is 0. The number of carbonyl (C=O) groups is 4. The van der Waals surface area contributed by atoms with E-state index in [9.17, 15) is 24.3 Å². The number of allylic oxidation sites excluding steroid dienone is 2. The second-order valence-electron chi connectivity index (χ2n) is 14.2. The molecule has 3 aromatic carbocycles. The number of alkyl carbamates (subject to hydrolysis) is 1. The van der Waals surface area contributed by atoms with Gasteiger partial charge in [0.15, 0.2) is 0 Å². The molecule has 3 aromatic rings. The minimum Gasteiger partial charge on any atom is -0.462 e. The number of aliphatic hydroxyl groups is 1. The Labute approximate surface area is 310 Å². The molecule has 1 heterocycles. The molecule has 6 rings (SSSR count). The van der Waals surface area contributed by atoms with Crippen LogP contribution in [0.2, 0.25) is 0 Å². The van der Waals surface area contributed by atoms with Crippen molar-refractivity contribution in [3.05, 3.63) is 108 Å². The Bertz CT molecular complexity index is 1710. The number of nitrogens with one attached hydrogen (secondary N) is 3. The molecule has 1 fully saturated rings. The number of ether oxygens (including phenoxy) is 3. The van der Waals surface area contributed by atoms with Crippen molar-refractivity contribution in [2.75, 3.05) is 26.4 Å². The molecule has 0 aromatic heterocycles. The van der Waals surface area contributed by atoms with Crippen molar-refractivity contribution in [1.29, 1.82) is 0 Å². The molecule has 1 aliphatic heterocycles. The zero-order valence-corrected chi connectivity index (χ0v) is 30.0. The third-order valence-electron chi connectivity index (χ3n) is 10.4. The predicted molar refractivity (Wildman–Crippen MR) is 199 cm³/mol. The number of amides is 3. The van der Waals surface area contributed by atoms with Crippen LogP contribution in [0.25, 0.3) is 11.1 Å². The monoisotopic (exact) mass is 723 g/mol. The van der Waals surface area contributed by atoms with Crippen LogP contribution in [0, 0.1) is 5.92 Å². The average Bonchev–Trinajstić information content (AvgIpc) is 3.77. The van der Waals surface area contributed by atoms with E-state index in [-0.39, 0.29) is 70.0 Å². The van der Waals surface area contributed by atoms with Crippen LogP contribution in [0.3, 0.4) is 0 Å². The molecule has 11 heteroatoms. The molecule has 11 nitrogen and oxygen atoms in total. The first kappa shape index (κ1) is 37.7. The summed E-state index contributed by atoms with van der Waals surface area (Å²) < 4.78 is 17.4. The molecule has 0 bridgehead atoms. The number of cyclic esters (lactones) is 1. The van der Waals surface area contributed by atoms with Crippen molar-refractivity contribution >= 4 is 23.9 Å². The number of carbonyl (C=O) groups excluding carboxylic acids is 4. The first-order valence-electron chi connectivity index (χ1n) is 18.6. The summed E-state index contributed by atoms with van der Waals surface area (Å²) in [5.74, 6) is -2.16. The third-order valence-corrected chi connectivity index (χ3v) is 10.4. The number of rotatable bonds is 11. The van der Waals surface area contributed by atoms with Gasteiger partial charge in [-0.2, -0.15) is 0 Å². The smallest absolute Gasteiger partial charge is 0.407 e. The van der Waals surface area contributed by atoms with E-state index in [0.29, 0.717) is 19.3 Å². The maximum atomic E-state index is 13.7. The summed E-state index contributed by atoms with van der Waals surface area (Å²) >= 11 is 0. The van der Waals surface area contributed by atoms with E-state index in [0.717, 1.165) is 40.7 Å². The van der Waals surface area contributed by atoms with Gasteiger partial charge in [-0.15, -0.1) is 0 Å². The van der Waals surface area contributed by atoms with Gasteiger partial charge < -0.3 is 35.3 Å². The van der Waals surface area contributed by atoms with Gasteiger partial charge >= 0.3 is 12.1 Å². The lowest BCUT2D eigenvalue weighted by Crippen LogP contribution is -2.51. The van der Waals surface area contributed by atoms with Gasteiger partial charge in [-0.1, -0.05) is 104 Å². The van der Waals surface area contributed by atoms with Crippen LogP contribution >= 0.6 is 0 Å². The van der Waals surface area contributed by atoms with Gasteiger partial charge in [0, 0.05) is 12.3 Å². The van der Waals surface area contributed by atoms with E-state index in [1.54, 1.807) is 0 Å². The van der Waals surface area contributed by atoms with Crippen LogP contribution in [0.1, 0.15) is 74.0 Å². The number of benzene rings is 3. The van der Waals surface area contributed by atoms with Crippen LogP contribution in [0.4, 0.5) is 4.79 Å². The van der Waals surface area contributed by atoms with Gasteiger partial charge in [0.2, 0.25) is 11.8 Å². The molecule has 1 saturated carbocycles. The van der Waals surface area contributed by atoms with E-state index in [1.165, 1.54) is 0 Å². The van der Waals surface area contributed by atoms with Gasteiger partial charge in [0.1, 0.15) is 19.3 Å². The lowest BCUT2D eigenvalue weighted by atomic mass is 9.95. The van der Waals surface area contributed by atoms with E-state index in [4.69, 9.17) is 14.2 Å². The van der Waals surface area contributed by atoms with E-state index in [2.05, 4.69) is 28.1 Å². The normalized spacial score (nSPS) is 21.5. The molecule has 2 aliphatic carbocycles. The van der Waals surface area contributed by atoms with Crippen molar-refractivity contribution < 1.29 is 38.5 Å². The highest BCUT2D eigenvalue weighted by Crippen LogP contribution is 2.44. The van der Waals surface area contributed by atoms with Crippen LogP contribution in [0.5, 0.6) is 0 Å². The zero-order chi connectivity index (χ0) is 37.0. The fourth-order valence-corrected chi connectivity index (χ4v) is 7.53. The minimum absolute atomic E-state index is 0.0424. The second-order valence-corrected chi connectivity index (χ2v) is 14.2. The first-order valence-corrected chi connectivity index (χ1v) is 18.6. The third kappa shape index (κ3) is 9.91. The van der Waals surface area contributed by atoms with E-state index >= 15 is 0 Å². The summed E-state index contributed by atoms with van der Waals surface area (Å²) in [6.07, 6.45) is 7.03. The fourth-order valence-electron chi connectivity index (χ4n) is 7.53. The highest BCUT2D eigenvalue weighted by molar-refractivity contribution is 5.86. The molecular weight excluding hydrogens is 674 g/mol. The molecule has 0 radical (unpaired) electrons. The number of hydrogen-bond donors (Lipinski definition) is 4. The Morgan fingerprint density at radius 2 is 1.57 bits per heavy atom. The zero-order valence-electron chi connectivity index (χ0n) is 30.0. The molecule has 0 saturated heterocycles. The molecule has 280 valence electrons. The predicted octanol–water partition coefficient (Wildman–Crippen LogP) is 5.31. The highest BCUT2D eigenvalue weighted by Gasteiger charge is 2.36. The Kier molecular flexibility index (Phi) is 12.9. The summed E-state index contributed by atoms with van der Waals surface area (Å²) in [5, 5.41) is 18.7. The topological polar surface area (TPSA) is 152 Å². The van der Waals surface area contributed by atoms with Gasteiger partial charge in [0.25, 0.3) is 0 Å². The van der Waals surface area contributed by atoms with Crippen LogP contribution < -0.4 is 16.0 Å². The number of hydrogen-bond acceptors (Lipinski definition) is 8. The van der Waals surface area contributed by atoms with Gasteiger partial charge in [-0.3, -0.25) is 9.59 Å². The van der Waals surface area contributed by atoms with Crippen molar-refractivity contribution in [2.45, 2.75) is 81.5 Å². The maximum Gasteiger partial charge on any atom is 0.407 e. The molecule has 3 atom stereocenters. The molecule has 3 aliphatic rings. The number of aliphatic hydroxyl groups excluding tert-OH is 1. The molecular formula is C42H49N3O8. The van der Waals surface area contributed by atoms with Crippen molar-refractivity contribution in [3.63, 3.8) is 0 Å². The highest BCUT2D eigenvalue weighted by atomic mass is 16.6. The van der Waals surface area contributed by atoms with Gasteiger partial charge in [-0.05, 0) is 59.9 Å².